The van der Waals surface area contributed by atoms with Gasteiger partial charge in [0, 0.05) is 12.4 Å². The van der Waals surface area contributed by atoms with Crippen LogP contribution in [0.3, 0.4) is 0 Å². The quantitative estimate of drug-likeness (QED) is 0.739. The first-order valence-electron chi connectivity index (χ1n) is 6.18. The number of carbonyl (C=O) groups is 1. The molecule has 21 heavy (non-hydrogen) atoms. The van der Waals surface area contributed by atoms with Crippen LogP contribution in [0.25, 0.3) is 5.69 Å². The van der Waals surface area contributed by atoms with Gasteiger partial charge >= 0.3 is 0 Å². The Morgan fingerprint density at radius 3 is 2.90 bits per heavy atom. The van der Waals surface area contributed by atoms with Gasteiger partial charge < -0.3 is 15.6 Å². The smallest absolute Gasteiger partial charge is 0.230 e. The van der Waals surface area contributed by atoms with Crippen molar-refractivity contribution in [3.05, 3.63) is 48.7 Å². The first-order valence-corrected chi connectivity index (χ1v) is 6.18. The van der Waals surface area contributed by atoms with Crippen molar-refractivity contribution in [2.45, 2.75) is 6.42 Å². The minimum Gasteiger partial charge on any atom is -0.379 e. The molecule has 8 nitrogen and oxygen atoms in total. The number of hydrogen-bond donors (Lipinski definition) is 2. The maximum atomic E-state index is 12.1. The molecule has 1 amide bonds. The molecule has 1 aromatic carbocycles. The maximum absolute atomic E-state index is 12.1. The molecule has 0 unspecified atom stereocenters. The average molecular weight is 284 g/mol. The van der Waals surface area contributed by atoms with E-state index in [2.05, 4.69) is 25.2 Å². The number of hydrogen-bond acceptors (Lipinski definition) is 6. The molecule has 0 radical (unpaired) electrons. The van der Waals surface area contributed by atoms with E-state index in [1.807, 2.05) is 22.8 Å². The number of para-hydroxylation sites is 2. The van der Waals surface area contributed by atoms with E-state index in [0.29, 0.717) is 11.4 Å². The summed E-state index contributed by atoms with van der Waals surface area (Å²) in [6.07, 6.45) is 5.11. The van der Waals surface area contributed by atoms with Gasteiger partial charge in [-0.05, 0) is 17.3 Å². The highest BCUT2D eigenvalue weighted by atomic mass is 16.6. The summed E-state index contributed by atoms with van der Waals surface area (Å²) in [6, 6.07) is 7.40. The number of anilines is 2. The monoisotopic (exact) mass is 284 g/mol. The van der Waals surface area contributed by atoms with Crippen molar-refractivity contribution in [2.24, 2.45) is 0 Å². The zero-order valence-electron chi connectivity index (χ0n) is 10.9. The van der Waals surface area contributed by atoms with E-state index in [-0.39, 0.29) is 18.1 Å². The largest absolute Gasteiger partial charge is 0.379 e. The first kappa shape index (κ1) is 12.9. The third-order valence-corrected chi connectivity index (χ3v) is 2.87. The molecule has 3 aromatic rings. The highest BCUT2D eigenvalue weighted by Crippen LogP contribution is 2.20. The predicted molar refractivity (Wildman–Crippen MR) is 74.6 cm³/mol. The number of nitrogen functional groups attached to an aromatic ring is 1. The van der Waals surface area contributed by atoms with E-state index in [9.17, 15) is 4.79 Å². The minimum atomic E-state index is -0.259. The van der Waals surface area contributed by atoms with Crippen LogP contribution in [0, 0.1) is 0 Å². The molecule has 0 saturated carbocycles. The Morgan fingerprint density at radius 1 is 1.33 bits per heavy atom. The molecule has 0 atom stereocenters. The maximum Gasteiger partial charge on any atom is 0.230 e. The highest BCUT2D eigenvalue weighted by Gasteiger charge is 2.13. The summed E-state index contributed by atoms with van der Waals surface area (Å²) in [5, 5.41) is 9.83. The van der Waals surface area contributed by atoms with Gasteiger partial charge in [0.25, 0.3) is 0 Å². The van der Waals surface area contributed by atoms with Crippen molar-refractivity contribution in [3.8, 4) is 5.69 Å². The summed E-state index contributed by atoms with van der Waals surface area (Å²) in [7, 11) is 0. The minimum absolute atomic E-state index is 0.00635. The number of benzene rings is 1. The van der Waals surface area contributed by atoms with Crippen molar-refractivity contribution in [1.82, 2.24) is 19.9 Å². The Hall–Kier alpha value is -3.16. The fourth-order valence-corrected chi connectivity index (χ4v) is 1.89. The summed E-state index contributed by atoms with van der Waals surface area (Å²) < 4.78 is 6.27. The van der Waals surface area contributed by atoms with Crippen LogP contribution in [0.2, 0.25) is 0 Å². The predicted octanol–water partition coefficient (Wildman–Crippen LogP) is 1.02. The van der Waals surface area contributed by atoms with Crippen LogP contribution in [-0.4, -0.2) is 25.8 Å². The lowest BCUT2D eigenvalue weighted by Crippen LogP contribution is -2.16. The van der Waals surface area contributed by atoms with Crippen molar-refractivity contribution in [1.29, 1.82) is 0 Å². The Kier molecular flexibility index (Phi) is 3.34. The number of rotatable bonds is 4. The molecule has 0 saturated heterocycles. The van der Waals surface area contributed by atoms with Crippen molar-refractivity contribution < 1.29 is 9.42 Å². The fourth-order valence-electron chi connectivity index (χ4n) is 1.89. The van der Waals surface area contributed by atoms with Crippen LogP contribution in [-0.2, 0) is 11.2 Å². The topological polar surface area (TPSA) is 112 Å². The average Bonchev–Trinajstić information content (AvgIpc) is 3.12. The third-order valence-electron chi connectivity index (χ3n) is 2.87. The van der Waals surface area contributed by atoms with Crippen LogP contribution in [0.15, 0.2) is 47.6 Å². The van der Waals surface area contributed by atoms with Gasteiger partial charge in [-0.1, -0.05) is 17.3 Å². The van der Waals surface area contributed by atoms with Gasteiger partial charge in [0.2, 0.25) is 5.91 Å². The van der Waals surface area contributed by atoms with Crippen LogP contribution >= 0.6 is 0 Å². The molecule has 0 fully saturated rings. The number of amides is 1. The lowest BCUT2D eigenvalue weighted by molar-refractivity contribution is -0.115. The van der Waals surface area contributed by atoms with E-state index < -0.39 is 0 Å². The van der Waals surface area contributed by atoms with E-state index in [1.165, 1.54) is 0 Å². The molecule has 106 valence electrons. The van der Waals surface area contributed by atoms with Gasteiger partial charge in [-0.25, -0.2) is 9.61 Å². The molecule has 0 spiro atoms. The van der Waals surface area contributed by atoms with Crippen LogP contribution < -0.4 is 11.1 Å². The summed E-state index contributed by atoms with van der Waals surface area (Å²) >= 11 is 0. The summed E-state index contributed by atoms with van der Waals surface area (Å²) in [4.78, 5) is 16.0. The second kappa shape index (κ2) is 5.45. The summed E-state index contributed by atoms with van der Waals surface area (Å²) in [6.45, 7) is 0. The van der Waals surface area contributed by atoms with Crippen LogP contribution in [0.1, 0.15) is 5.69 Å². The lowest BCUT2D eigenvalue weighted by Gasteiger charge is -2.10. The molecule has 8 heteroatoms. The van der Waals surface area contributed by atoms with E-state index in [0.717, 1.165) is 5.69 Å². The molecule has 2 aromatic heterocycles. The molecule has 0 aliphatic heterocycles. The Labute approximate surface area is 119 Å². The van der Waals surface area contributed by atoms with E-state index in [4.69, 9.17) is 5.73 Å². The normalized spacial score (nSPS) is 10.5. The molecule has 0 bridgehead atoms. The second-order valence-corrected chi connectivity index (χ2v) is 4.31. The molecule has 0 aliphatic rings. The van der Waals surface area contributed by atoms with Gasteiger partial charge in [-0.15, -0.1) is 0 Å². The molecule has 3 N–H and O–H groups in total. The van der Waals surface area contributed by atoms with Crippen molar-refractivity contribution in [3.63, 3.8) is 0 Å². The fraction of sp³-hybridized carbons (Fsp3) is 0.0769. The van der Waals surface area contributed by atoms with Crippen LogP contribution in [0.4, 0.5) is 11.5 Å². The Bertz CT molecular complexity index is 750. The van der Waals surface area contributed by atoms with Crippen molar-refractivity contribution in [2.75, 3.05) is 11.1 Å². The highest BCUT2D eigenvalue weighted by molar-refractivity contribution is 5.94. The second-order valence-electron chi connectivity index (χ2n) is 4.31. The number of carbonyl (C=O) groups excluding carboxylic acids is 1. The number of nitrogens with zero attached hydrogens (tertiary/aromatic N) is 4. The lowest BCUT2D eigenvalue weighted by atomic mass is 10.2. The zero-order valence-corrected chi connectivity index (χ0v) is 10.9. The van der Waals surface area contributed by atoms with E-state index in [1.54, 1.807) is 24.8 Å². The SMILES string of the molecule is Nc1nonc1CC(=O)Nc1ccccc1-n1ccnc1. The summed E-state index contributed by atoms with van der Waals surface area (Å²) in [5.41, 5.74) is 7.32. The van der Waals surface area contributed by atoms with E-state index >= 15 is 0 Å². The number of imidazole rings is 1. The number of nitrogens with two attached hydrogens (primary N) is 1. The van der Waals surface area contributed by atoms with Gasteiger partial charge in [0.15, 0.2) is 5.82 Å². The Balaban J connectivity index is 1.79. The Morgan fingerprint density at radius 2 is 2.19 bits per heavy atom. The molecular formula is C13H12N6O2. The number of aromatic nitrogens is 4. The number of nitrogens with one attached hydrogen (secondary N) is 1. The van der Waals surface area contributed by atoms with Gasteiger partial charge in [0.1, 0.15) is 5.69 Å². The van der Waals surface area contributed by atoms with Crippen molar-refractivity contribution >= 4 is 17.4 Å². The molecule has 2 heterocycles. The molecule has 3 rings (SSSR count). The summed E-state index contributed by atoms with van der Waals surface area (Å²) in [5.74, 6) is -0.141. The third kappa shape index (κ3) is 2.73. The molecular weight excluding hydrogens is 272 g/mol. The first-order chi connectivity index (χ1) is 10.2. The van der Waals surface area contributed by atoms with Gasteiger partial charge in [0.05, 0.1) is 24.1 Å². The van der Waals surface area contributed by atoms with Crippen LogP contribution in [0.5, 0.6) is 0 Å². The molecule has 0 aliphatic carbocycles. The standard InChI is InChI=1S/C13H12N6O2/c14-13-10(17-21-18-13)7-12(20)16-9-3-1-2-4-11(9)19-6-5-15-8-19/h1-6,8H,7H2,(H2,14,18)(H,16,20). The van der Waals surface area contributed by atoms with Gasteiger partial charge in [-0.2, -0.15) is 0 Å². The zero-order chi connectivity index (χ0) is 14.7. The van der Waals surface area contributed by atoms with Gasteiger partial charge in [-0.3, -0.25) is 4.79 Å².